The molecule has 1 atom stereocenters. The Balaban J connectivity index is 1.09. The number of benzene rings is 10. The first kappa shape index (κ1) is 38.5. The zero-order chi connectivity index (χ0) is 45.8. The van der Waals surface area contributed by atoms with Gasteiger partial charge in [-0.15, -0.1) is 11.3 Å². The summed E-state index contributed by atoms with van der Waals surface area (Å²) in [5.41, 5.74) is 16.0. The molecule has 0 fully saturated rings. The van der Waals surface area contributed by atoms with Crippen LogP contribution in [0.5, 0.6) is 0 Å². The van der Waals surface area contributed by atoms with Gasteiger partial charge >= 0.3 is 0 Å². The molecule has 0 saturated carbocycles. The number of furan rings is 2. The first-order valence-corrected chi connectivity index (χ1v) is 25.1. The summed E-state index contributed by atoms with van der Waals surface area (Å²) < 4.78 is 18.7. The van der Waals surface area contributed by atoms with Gasteiger partial charge in [0.15, 0.2) is 0 Å². The number of rotatable bonds is 2. The average molecular weight is 913 g/mol. The average Bonchev–Trinajstić information content (AvgIpc) is 4.16. The molecule has 0 spiro atoms. The molecule has 0 saturated heterocycles. The normalized spacial score (nSPS) is 17.9. The highest BCUT2D eigenvalue weighted by Crippen LogP contribution is 2.49. The van der Waals surface area contributed by atoms with Crippen molar-refractivity contribution in [1.29, 1.82) is 0 Å². The lowest BCUT2D eigenvalue weighted by atomic mass is 9.83. The van der Waals surface area contributed by atoms with Crippen molar-refractivity contribution in [1.82, 2.24) is 4.57 Å². The first-order chi connectivity index (χ1) is 34.6. The summed E-state index contributed by atoms with van der Waals surface area (Å²) in [7, 11) is 0. The van der Waals surface area contributed by atoms with E-state index in [0.717, 1.165) is 78.5 Å². The van der Waals surface area contributed by atoms with Gasteiger partial charge in [0.1, 0.15) is 22.3 Å². The summed E-state index contributed by atoms with van der Waals surface area (Å²) in [5.74, 6) is 0.0682. The van der Waals surface area contributed by atoms with Crippen LogP contribution in [0.25, 0.3) is 124 Å². The molecule has 0 N–H and O–H groups in total. The Morgan fingerprint density at radius 1 is 0.486 bits per heavy atom. The Hall–Kier alpha value is -8.51. The van der Waals surface area contributed by atoms with Crippen LogP contribution >= 0.6 is 11.3 Å². The number of aromatic nitrogens is 1. The van der Waals surface area contributed by atoms with Crippen LogP contribution in [0.3, 0.4) is 0 Å². The molecule has 0 amide bonds. The predicted molar refractivity (Wildman–Crippen MR) is 295 cm³/mol. The number of hydrogen-bond donors (Lipinski definition) is 0. The maximum Gasteiger partial charge on any atom is 0.137 e. The molecule has 4 nitrogen and oxygen atoms in total. The third-order valence-electron chi connectivity index (χ3n) is 15.4. The van der Waals surface area contributed by atoms with Gasteiger partial charge in [0.25, 0.3) is 0 Å². The Kier molecular flexibility index (Phi) is 7.84. The van der Waals surface area contributed by atoms with Gasteiger partial charge in [-0.2, -0.15) is 0 Å². The van der Waals surface area contributed by atoms with E-state index in [4.69, 9.17) is 13.8 Å². The van der Waals surface area contributed by atoms with Crippen molar-refractivity contribution in [3.8, 4) is 5.69 Å². The minimum absolute atomic E-state index is 0.0682. The summed E-state index contributed by atoms with van der Waals surface area (Å²) in [6.45, 7) is 2.37. The second kappa shape index (κ2) is 14.3. The van der Waals surface area contributed by atoms with Gasteiger partial charge in [0.2, 0.25) is 0 Å². The van der Waals surface area contributed by atoms with Gasteiger partial charge in [0, 0.05) is 87.6 Å². The van der Waals surface area contributed by atoms with Crippen molar-refractivity contribution in [3.63, 3.8) is 0 Å². The van der Waals surface area contributed by atoms with Crippen molar-refractivity contribution < 1.29 is 8.83 Å². The number of allylic oxidation sites excluding steroid dienone is 3. The largest absolute Gasteiger partial charge is 0.456 e. The number of para-hydroxylation sites is 1. The molecule has 0 radical (unpaired) electrons. The highest BCUT2D eigenvalue weighted by atomic mass is 32.1. The van der Waals surface area contributed by atoms with Crippen LogP contribution in [0.2, 0.25) is 0 Å². The lowest BCUT2D eigenvalue weighted by Gasteiger charge is -2.25. The fourth-order valence-electron chi connectivity index (χ4n) is 12.2. The van der Waals surface area contributed by atoms with Gasteiger partial charge in [-0.1, -0.05) is 140 Å². The van der Waals surface area contributed by atoms with E-state index in [0.29, 0.717) is 6.42 Å². The minimum Gasteiger partial charge on any atom is -0.456 e. The second-order valence-electron chi connectivity index (χ2n) is 19.3. The number of nitrogens with zero attached hydrogens (tertiary/aromatic N) is 2. The summed E-state index contributed by atoms with van der Waals surface area (Å²) in [6.07, 6.45) is 4.00. The molecule has 5 heteroatoms. The van der Waals surface area contributed by atoms with E-state index in [2.05, 4.69) is 206 Å². The van der Waals surface area contributed by atoms with Crippen LogP contribution in [0.1, 0.15) is 35.6 Å². The minimum atomic E-state index is 0.0682. The van der Waals surface area contributed by atoms with Crippen LogP contribution in [-0.4, -0.2) is 10.3 Å². The van der Waals surface area contributed by atoms with Crippen molar-refractivity contribution >= 4 is 136 Å². The van der Waals surface area contributed by atoms with E-state index in [1.807, 2.05) is 11.3 Å². The molecule has 2 aliphatic rings. The fraction of sp³-hybridized carbons (Fsp3) is 0.0615. The molecule has 2 aliphatic heterocycles. The molecule has 14 aromatic rings. The Morgan fingerprint density at radius 2 is 1.20 bits per heavy atom. The molecule has 16 rings (SSSR count). The molecule has 0 aliphatic carbocycles. The van der Waals surface area contributed by atoms with Crippen molar-refractivity contribution in [2.75, 3.05) is 0 Å². The molecular weight excluding hydrogens is 873 g/mol. The zero-order valence-electron chi connectivity index (χ0n) is 38.1. The van der Waals surface area contributed by atoms with Gasteiger partial charge in [0.05, 0.1) is 28.1 Å². The monoisotopic (exact) mass is 912 g/mol. The summed E-state index contributed by atoms with van der Waals surface area (Å²) in [4.78, 5) is 6.18. The number of fused-ring (bicyclic) bond motifs is 20. The highest BCUT2D eigenvalue weighted by molar-refractivity contribution is 7.25. The quantitative estimate of drug-likeness (QED) is 0.173. The molecule has 70 heavy (non-hydrogen) atoms. The predicted octanol–water partition coefficient (Wildman–Crippen LogP) is 18.1. The van der Waals surface area contributed by atoms with Crippen LogP contribution in [-0.2, 0) is 6.42 Å². The van der Waals surface area contributed by atoms with Crippen LogP contribution in [0, 0.1) is 5.92 Å². The second-order valence-corrected chi connectivity index (χ2v) is 20.4. The Bertz CT molecular complexity index is 4740. The van der Waals surface area contributed by atoms with E-state index < -0.39 is 0 Å². The smallest absolute Gasteiger partial charge is 0.137 e. The number of thiophene rings is 1. The molecule has 4 aromatic heterocycles. The highest BCUT2D eigenvalue weighted by Gasteiger charge is 2.30. The third-order valence-corrected chi connectivity index (χ3v) is 16.5. The van der Waals surface area contributed by atoms with Crippen LogP contribution in [0.15, 0.2) is 214 Å². The standard InChI is InChI=1S/C65H40N2O2S/c1-36-24-27-42-49-34-51-58(69-57-29-26-38-12-4-5-15-41(38)61(51)57)35-54(49)67-52-31-37(25-28-43(52)48-32-39-13-2-3-14-40(39)33-53(48)67)30-50(42)65(46-18-10-21-56-62(46)44-16-6-8-20-55(44)68-56)66-64(36)47-19-11-23-60-63(47)45-17-7-9-22-59(45)70-60/h2-23,25-29,31-36H,24,30H2,1H3/b42-27+,65-50-,66-64+. The first-order valence-electron chi connectivity index (χ1n) is 24.3. The van der Waals surface area contributed by atoms with Gasteiger partial charge in [-0.3, -0.25) is 4.99 Å². The molecule has 328 valence electrons. The maximum atomic E-state index is 6.95. The van der Waals surface area contributed by atoms with E-state index in [1.165, 1.54) is 85.8 Å². The lowest BCUT2D eigenvalue weighted by Crippen LogP contribution is -2.16. The van der Waals surface area contributed by atoms with E-state index in [-0.39, 0.29) is 5.92 Å². The van der Waals surface area contributed by atoms with Crippen LogP contribution in [0.4, 0.5) is 0 Å². The Morgan fingerprint density at radius 3 is 2.11 bits per heavy atom. The summed E-state index contributed by atoms with van der Waals surface area (Å²) in [6, 6.07) is 69.0. The molecule has 6 heterocycles. The molecule has 10 aromatic carbocycles. The third kappa shape index (κ3) is 5.38. The van der Waals surface area contributed by atoms with Crippen molar-refractivity contribution in [3.05, 3.63) is 222 Å². The van der Waals surface area contributed by atoms with Crippen molar-refractivity contribution in [2.24, 2.45) is 10.9 Å². The summed E-state index contributed by atoms with van der Waals surface area (Å²) >= 11 is 1.86. The SMILES string of the molecule is CC1C/C=C2/C(=C(c3cccc4oc5ccccc5c34)\N=C/1c1cccc3sc4ccccc4c13)Cc1ccc3c4cc5ccccc5cc4n(c3c1)-c1cc3oc4ccc5ccccc5c4c3cc12. The van der Waals surface area contributed by atoms with E-state index >= 15 is 0 Å². The number of aliphatic imine (C=N–C) groups is 1. The molecular formula is C65H40N2O2S. The molecule has 2 bridgehead atoms. The van der Waals surface area contributed by atoms with Gasteiger partial charge in [-0.25, -0.2) is 0 Å². The maximum absolute atomic E-state index is 6.95. The molecule has 1 unspecified atom stereocenters. The Labute approximate surface area is 405 Å². The fourth-order valence-corrected chi connectivity index (χ4v) is 13.4. The van der Waals surface area contributed by atoms with Crippen molar-refractivity contribution in [2.45, 2.75) is 19.8 Å². The zero-order valence-corrected chi connectivity index (χ0v) is 38.9. The number of hydrogen-bond acceptors (Lipinski definition) is 4. The van der Waals surface area contributed by atoms with E-state index in [1.54, 1.807) is 0 Å². The van der Waals surface area contributed by atoms with Gasteiger partial charge < -0.3 is 13.4 Å². The van der Waals surface area contributed by atoms with E-state index in [9.17, 15) is 0 Å². The van der Waals surface area contributed by atoms with Gasteiger partial charge in [-0.05, 0) is 99.3 Å². The summed E-state index contributed by atoms with van der Waals surface area (Å²) in [5, 5.41) is 14.3. The lowest BCUT2D eigenvalue weighted by molar-refractivity contribution is 0.668. The topological polar surface area (TPSA) is 43.6 Å². The van der Waals surface area contributed by atoms with Crippen LogP contribution < -0.4 is 0 Å².